The van der Waals surface area contributed by atoms with E-state index in [1.807, 2.05) is 4.68 Å². The molecule has 1 atom stereocenters. The van der Waals surface area contributed by atoms with E-state index in [9.17, 15) is 0 Å². The lowest BCUT2D eigenvalue weighted by atomic mass is 9.78. The van der Waals surface area contributed by atoms with Gasteiger partial charge in [-0.2, -0.15) is 5.10 Å². The molecule has 5 nitrogen and oxygen atoms in total. The largest absolute Gasteiger partial charge is 0.374 e. The average molecular weight is 280 g/mol. The van der Waals surface area contributed by atoms with E-state index in [1.165, 1.54) is 19.3 Å². The predicted molar refractivity (Wildman–Crippen MR) is 79.4 cm³/mol. The van der Waals surface area contributed by atoms with Crippen LogP contribution >= 0.6 is 0 Å². The summed E-state index contributed by atoms with van der Waals surface area (Å²) in [6.45, 7) is 5.84. The molecule has 0 aliphatic heterocycles. The number of aromatic nitrogens is 3. The highest BCUT2D eigenvalue weighted by Crippen LogP contribution is 2.34. The second-order valence-corrected chi connectivity index (χ2v) is 5.77. The van der Waals surface area contributed by atoms with E-state index in [1.54, 1.807) is 6.33 Å². The van der Waals surface area contributed by atoms with Gasteiger partial charge >= 0.3 is 0 Å². The van der Waals surface area contributed by atoms with E-state index in [0.29, 0.717) is 0 Å². The minimum Gasteiger partial charge on any atom is -0.374 e. The lowest BCUT2D eigenvalue weighted by Gasteiger charge is -2.41. The van der Waals surface area contributed by atoms with Crippen molar-refractivity contribution in [3.05, 3.63) is 12.2 Å². The molecule has 1 heterocycles. The Hall–Kier alpha value is -0.940. The zero-order chi connectivity index (χ0) is 14.4. The molecule has 0 radical (unpaired) electrons. The monoisotopic (exact) mass is 280 g/mol. The van der Waals surface area contributed by atoms with Crippen LogP contribution in [0.5, 0.6) is 0 Å². The maximum atomic E-state index is 6.52. The Morgan fingerprint density at radius 1 is 1.35 bits per heavy atom. The van der Waals surface area contributed by atoms with Crippen LogP contribution in [0.25, 0.3) is 0 Å². The summed E-state index contributed by atoms with van der Waals surface area (Å²) in [4.78, 5) is 4.38. The molecule has 2 N–H and O–H groups in total. The van der Waals surface area contributed by atoms with Crippen molar-refractivity contribution in [1.29, 1.82) is 0 Å². The first-order valence-electron chi connectivity index (χ1n) is 7.98. The van der Waals surface area contributed by atoms with E-state index < -0.39 is 0 Å². The molecule has 2 rings (SSSR count). The number of aryl methyl sites for hydroxylation is 1. The molecule has 1 aromatic rings. The highest BCUT2D eigenvalue weighted by Gasteiger charge is 2.39. The third-order valence-corrected chi connectivity index (χ3v) is 4.34. The summed E-state index contributed by atoms with van der Waals surface area (Å²) in [5.41, 5.74) is 6.36. The molecule has 1 aliphatic rings. The van der Waals surface area contributed by atoms with E-state index in [-0.39, 0.29) is 11.6 Å². The molecular weight excluding hydrogens is 252 g/mol. The van der Waals surface area contributed by atoms with Crippen LogP contribution in [0.2, 0.25) is 0 Å². The van der Waals surface area contributed by atoms with Gasteiger partial charge in [0.15, 0.2) is 0 Å². The van der Waals surface area contributed by atoms with E-state index in [2.05, 4.69) is 23.9 Å². The predicted octanol–water partition coefficient (Wildman–Crippen LogP) is 2.30. The quantitative estimate of drug-likeness (QED) is 0.832. The van der Waals surface area contributed by atoms with Crippen LogP contribution in [0, 0.1) is 0 Å². The number of nitrogens with zero attached hydrogens (tertiary/aromatic N) is 3. The Balaban J connectivity index is 2.07. The fourth-order valence-electron chi connectivity index (χ4n) is 3.29. The lowest BCUT2D eigenvalue weighted by Crippen LogP contribution is -2.52. The van der Waals surface area contributed by atoms with E-state index in [4.69, 9.17) is 10.5 Å². The smallest absolute Gasteiger partial charge is 0.138 e. The molecule has 1 saturated carbocycles. The van der Waals surface area contributed by atoms with Crippen LogP contribution in [0.15, 0.2) is 6.33 Å². The van der Waals surface area contributed by atoms with Gasteiger partial charge in [-0.1, -0.05) is 26.2 Å². The van der Waals surface area contributed by atoms with Crippen molar-refractivity contribution in [2.24, 2.45) is 5.73 Å². The second-order valence-electron chi connectivity index (χ2n) is 5.77. The van der Waals surface area contributed by atoms with E-state index >= 15 is 0 Å². The summed E-state index contributed by atoms with van der Waals surface area (Å²) in [5.74, 6) is 0.990. The molecule has 0 saturated heterocycles. The van der Waals surface area contributed by atoms with Gasteiger partial charge in [-0.25, -0.2) is 4.98 Å². The standard InChI is InChI=1S/C15H28N4O/c1-3-10-19-14(17-12-18-19)11-13(16)15(20-4-2)8-6-5-7-9-15/h12-13H,3-11,16H2,1-2H3. The Kier molecular flexibility index (Phi) is 5.54. The first kappa shape index (κ1) is 15.4. The van der Waals surface area contributed by atoms with Crippen LogP contribution in [-0.4, -0.2) is 33.0 Å². The normalized spacial score (nSPS) is 19.9. The molecule has 1 unspecified atom stereocenters. The third-order valence-electron chi connectivity index (χ3n) is 4.34. The Labute approximate surface area is 121 Å². The fraction of sp³-hybridized carbons (Fsp3) is 0.867. The van der Waals surface area contributed by atoms with Crippen molar-refractivity contribution in [3.63, 3.8) is 0 Å². The van der Waals surface area contributed by atoms with Gasteiger partial charge in [-0.05, 0) is 26.2 Å². The Morgan fingerprint density at radius 3 is 2.75 bits per heavy atom. The molecule has 0 amide bonds. The molecular formula is C15H28N4O. The fourth-order valence-corrected chi connectivity index (χ4v) is 3.29. The van der Waals surface area contributed by atoms with Gasteiger partial charge in [0.1, 0.15) is 12.2 Å². The summed E-state index contributed by atoms with van der Waals surface area (Å²) in [5, 5.41) is 4.28. The first-order valence-corrected chi connectivity index (χ1v) is 7.98. The highest BCUT2D eigenvalue weighted by molar-refractivity contribution is 5.00. The second kappa shape index (κ2) is 7.18. The summed E-state index contributed by atoms with van der Waals surface area (Å²) >= 11 is 0. The number of hydrogen-bond acceptors (Lipinski definition) is 4. The topological polar surface area (TPSA) is 66.0 Å². The van der Waals surface area contributed by atoms with Crippen LogP contribution in [0.1, 0.15) is 58.2 Å². The van der Waals surface area contributed by atoms with Gasteiger partial charge in [0.25, 0.3) is 0 Å². The number of hydrogen-bond donors (Lipinski definition) is 1. The zero-order valence-electron chi connectivity index (χ0n) is 12.8. The summed E-state index contributed by atoms with van der Waals surface area (Å²) < 4.78 is 8.07. The van der Waals surface area contributed by atoms with Crippen molar-refractivity contribution in [2.45, 2.75) is 77.0 Å². The van der Waals surface area contributed by atoms with Crippen LogP contribution in [-0.2, 0) is 17.7 Å². The van der Waals surface area contributed by atoms with E-state index in [0.717, 1.165) is 44.7 Å². The van der Waals surface area contributed by atoms with Crippen LogP contribution < -0.4 is 5.73 Å². The van der Waals surface area contributed by atoms with Gasteiger partial charge in [-0.15, -0.1) is 0 Å². The van der Waals surface area contributed by atoms with Crippen molar-refractivity contribution in [3.8, 4) is 0 Å². The first-order chi connectivity index (χ1) is 9.72. The molecule has 0 spiro atoms. The average Bonchev–Trinajstić information content (AvgIpc) is 2.88. The van der Waals surface area contributed by atoms with Gasteiger partial charge in [0, 0.05) is 25.6 Å². The van der Waals surface area contributed by atoms with Crippen molar-refractivity contribution < 1.29 is 4.74 Å². The van der Waals surface area contributed by atoms with Gasteiger partial charge in [-0.3, -0.25) is 4.68 Å². The number of nitrogens with two attached hydrogens (primary N) is 1. The highest BCUT2D eigenvalue weighted by atomic mass is 16.5. The Bertz CT molecular complexity index is 393. The summed E-state index contributed by atoms with van der Waals surface area (Å²) in [6, 6.07) is 0.00237. The lowest BCUT2D eigenvalue weighted by molar-refractivity contribution is -0.0822. The molecule has 0 aromatic carbocycles. The Morgan fingerprint density at radius 2 is 2.10 bits per heavy atom. The number of rotatable bonds is 7. The summed E-state index contributed by atoms with van der Waals surface area (Å²) in [7, 11) is 0. The summed E-state index contributed by atoms with van der Waals surface area (Å²) in [6.07, 6.45) is 9.32. The van der Waals surface area contributed by atoms with Gasteiger partial charge in [0.05, 0.1) is 5.60 Å². The van der Waals surface area contributed by atoms with Crippen LogP contribution in [0.4, 0.5) is 0 Å². The van der Waals surface area contributed by atoms with Crippen molar-refractivity contribution in [2.75, 3.05) is 6.61 Å². The SMILES string of the molecule is CCCn1ncnc1CC(N)C1(OCC)CCCCC1. The molecule has 1 aromatic heterocycles. The van der Waals surface area contributed by atoms with Gasteiger partial charge in [0.2, 0.25) is 0 Å². The molecule has 114 valence electrons. The van der Waals surface area contributed by atoms with Gasteiger partial charge < -0.3 is 10.5 Å². The van der Waals surface area contributed by atoms with Crippen LogP contribution in [0.3, 0.4) is 0 Å². The molecule has 20 heavy (non-hydrogen) atoms. The molecule has 5 heteroatoms. The maximum Gasteiger partial charge on any atom is 0.138 e. The minimum absolute atomic E-state index is 0.00237. The van der Waals surface area contributed by atoms with Crippen molar-refractivity contribution in [1.82, 2.24) is 14.8 Å². The third kappa shape index (κ3) is 3.38. The molecule has 1 aliphatic carbocycles. The number of ether oxygens (including phenoxy) is 1. The van der Waals surface area contributed by atoms with Crippen molar-refractivity contribution >= 4 is 0 Å². The maximum absolute atomic E-state index is 6.52. The molecule has 0 bridgehead atoms. The minimum atomic E-state index is -0.157. The molecule has 1 fully saturated rings. The zero-order valence-corrected chi connectivity index (χ0v) is 12.8.